The second kappa shape index (κ2) is 9.51. The van der Waals surface area contributed by atoms with Gasteiger partial charge in [0.05, 0.1) is 16.7 Å². The number of halogens is 1. The molecule has 0 bridgehead atoms. The molecule has 2 aromatic rings. The summed E-state index contributed by atoms with van der Waals surface area (Å²) in [6.45, 7) is 2.13. The minimum Gasteiger partial charge on any atom is -0.332 e. The van der Waals surface area contributed by atoms with E-state index in [-0.39, 0.29) is 30.0 Å². The summed E-state index contributed by atoms with van der Waals surface area (Å²) in [7, 11) is 0. The predicted octanol–water partition coefficient (Wildman–Crippen LogP) is 2.68. The van der Waals surface area contributed by atoms with Crippen molar-refractivity contribution in [1.82, 2.24) is 15.2 Å². The summed E-state index contributed by atoms with van der Waals surface area (Å²) in [5.74, 6) is 0.355. The Labute approximate surface area is 161 Å². The van der Waals surface area contributed by atoms with Crippen LogP contribution < -0.4 is 5.32 Å². The van der Waals surface area contributed by atoms with E-state index in [1.165, 1.54) is 23.9 Å². The normalized spacial score (nSPS) is 16.6. The van der Waals surface area contributed by atoms with E-state index in [1.54, 1.807) is 24.5 Å². The van der Waals surface area contributed by atoms with Gasteiger partial charge in [-0.15, -0.1) is 24.2 Å². The van der Waals surface area contributed by atoms with Crippen LogP contribution in [0.2, 0.25) is 0 Å². The Morgan fingerprint density at radius 1 is 1.35 bits per heavy atom. The molecule has 0 spiro atoms. The van der Waals surface area contributed by atoms with Gasteiger partial charge >= 0.3 is 0 Å². The first-order valence-corrected chi connectivity index (χ1v) is 8.91. The van der Waals surface area contributed by atoms with Gasteiger partial charge in [0.15, 0.2) is 0 Å². The number of carbonyl (C=O) groups excluding carboxylic acids is 1. The molecule has 1 N–H and O–H groups in total. The molecule has 1 fully saturated rings. The second-order valence-corrected chi connectivity index (χ2v) is 6.68. The second-order valence-electron chi connectivity index (χ2n) is 5.63. The Bertz CT molecular complexity index is 745. The third-order valence-corrected chi connectivity index (χ3v) is 5.04. The zero-order valence-electron chi connectivity index (χ0n) is 13.9. The molecule has 138 valence electrons. The Balaban J connectivity index is 0.00000243. The summed E-state index contributed by atoms with van der Waals surface area (Å²) in [6.07, 6.45) is 3.51. The molecule has 0 radical (unpaired) electrons. The molecular formula is C17H19ClN4O3S. The molecule has 1 atom stereocenters. The number of pyridine rings is 1. The van der Waals surface area contributed by atoms with Crippen LogP contribution in [0, 0.1) is 10.1 Å². The molecule has 1 aromatic carbocycles. The van der Waals surface area contributed by atoms with E-state index >= 15 is 0 Å². The van der Waals surface area contributed by atoms with Crippen LogP contribution in [0.15, 0.2) is 53.7 Å². The van der Waals surface area contributed by atoms with Crippen LogP contribution in [-0.4, -0.2) is 46.1 Å². The maximum atomic E-state index is 12.7. The number of carbonyl (C=O) groups is 1. The van der Waals surface area contributed by atoms with Gasteiger partial charge in [0.1, 0.15) is 0 Å². The number of piperazine rings is 1. The van der Waals surface area contributed by atoms with Crippen molar-refractivity contribution in [1.29, 1.82) is 0 Å². The van der Waals surface area contributed by atoms with Crippen molar-refractivity contribution < 1.29 is 9.72 Å². The summed E-state index contributed by atoms with van der Waals surface area (Å²) >= 11 is 1.39. The van der Waals surface area contributed by atoms with Gasteiger partial charge < -0.3 is 10.2 Å². The minimum atomic E-state index is -0.432. The standard InChI is InChI=1S/C17H18N4O3S.ClH/c22-17(12-25-15-5-3-14(4-6-15)21(23)24)20-9-8-19-11-16(20)13-2-1-7-18-10-13;/h1-7,10,16,19H,8-9,11-12H2;1H. The van der Waals surface area contributed by atoms with Crippen LogP contribution in [0.25, 0.3) is 0 Å². The van der Waals surface area contributed by atoms with Crippen molar-refractivity contribution in [3.05, 3.63) is 64.5 Å². The lowest BCUT2D eigenvalue weighted by Crippen LogP contribution is -2.49. The number of hydrogen-bond acceptors (Lipinski definition) is 6. The smallest absolute Gasteiger partial charge is 0.269 e. The van der Waals surface area contributed by atoms with E-state index < -0.39 is 4.92 Å². The van der Waals surface area contributed by atoms with Crippen LogP contribution >= 0.6 is 24.2 Å². The lowest BCUT2D eigenvalue weighted by Gasteiger charge is -2.36. The SMILES string of the molecule is Cl.O=C(CSc1ccc([N+](=O)[O-])cc1)N1CCNCC1c1cccnc1. The topological polar surface area (TPSA) is 88.4 Å². The minimum absolute atomic E-state index is 0. The highest BCUT2D eigenvalue weighted by Crippen LogP contribution is 2.25. The molecule has 9 heteroatoms. The highest BCUT2D eigenvalue weighted by molar-refractivity contribution is 8.00. The van der Waals surface area contributed by atoms with E-state index in [0.717, 1.165) is 17.0 Å². The van der Waals surface area contributed by atoms with Gasteiger partial charge in [-0.2, -0.15) is 0 Å². The molecule has 2 heterocycles. The number of hydrogen-bond donors (Lipinski definition) is 1. The van der Waals surface area contributed by atoms with Crippen molar-refractivity contribution >= 4 is 35.8 Å². The van der Waals surface area contributed by atoms with Crippen molar-refractivity contribution in [2.75, 3.05) is 25.4 Å². The summed E-state index contributed by atoms with van der Waals surface area (Å²) in [5, 5.41) is 14.0. The molecule has 3 rings (SSSR count). The van der Waals surface area contributed by atoms with Gasteiger partial charge in [-0.05, 0) is 23.8 Å². The fourth-order valence-corrected chi connectivity index (χ4v) is 3.55. The number of nitrogens with one attached hydrogen (secondary N) is 1. The van der Waals surface area contributed by atoms with Gasteiger partial charge in [-0.3, -0.25) is 19.9 Å². The fourth-order valence-electron chi connectivity index (χ4n) is 2.77. The first kappa shape index (κ1) is 20.2. The van der Waals surface area contributed by atoms with Gasteiger partial charge in [-0.25, -0.2) is 0 Å². The zero-order chi connectivity index (χ0) is 17.6. The van der Waals surface area contributed by atoms with Gasteiger partial charge in [0, 0.05) is 49.1 Å². The number of rotatable bonds is 5. The van der Waals surface area contributed by atoms with Gasteiger partial charge in [0.2, 0.25) is 5.91 Å². The Kier molecular flexibility index (Phi) is 7.38. The first-order valence-electron chi connectivity index (χ1n) is 7.92. The number of nitrogens with zero attached hydrogens (tertiary/aromatic N) is 3. The zero-order valence-corrected chi connectivity index (χ0v) is 15.5. The summed E-state index contributed by atoms with van der Waals surface area (Å²) < 4.78 is 0. The summed E-state index contributed by atoms with van der Waals surface area (Å²) in [4.78, 5) is 29.8. The number of aromatic nitrogens is 1. The van der Waals surface area contributed by atoms with Gasteiger partial charge in [0.25, 0.3) is 5.69 Å². The predicted molar refractivity (Wildman–Crippen MR) is 103 cm³/mol. The number of thioether (sulfide) groups is 1. The summed E-state index contributed by atoms with van der Waals surface area (Å²) in [5.41, 5.74) is 1.07. The third kappa shape index (κ3) is 4.94. The molecule has 1 aliphatic rings. The van der Waals surface area contributed by atoms with Crippen molar-refractivity contribution in [3.63, 3.8) is 0 Å². The van der Waals surface area contributed by atoms with E-state index in [9.17, 15) is 14.9 Å². The molecule has 1 aromatic heterocycles. The number of nitro benzene ring substituents is 1. The third-order valence-electron chi connectivity index (χ3n) is 4.04. The molecule has 1 aliphatic heterocycles. The molecule has 1 unspecified atom stereocenters. The molecular weight excluding hydrogens is 376 g/mol. The summed E-state index contributed by atoms with van der Waals surface area (Å²) in [6, 6.07) is 10.1. The number of amides is 1. The Hall–Kier alpha value is -2.16. The van der Waals surface area contributed by atoms with Crippen LogP contribution in [0.5, 0.6) is 0 Å². The largest absolute Gasteiger partial charge is 0.332 e. The number of benzene rings is 1. The Morgan fingerprint density at radius 3 is 2.77 bits per heavy atom. The Morgan fingerprint density at radius 2 is 2.12 bits per heavy atom. The van der Waals surface area contributed by atoms with E-state index in [0.29, 0.717) is 18.8 Å². The quantitative estimate of drug-likeness (QED) is 0.476. The maximum absolute atomic E-state index is 12.7. The number of non-ortho nitro benzene ring substituents is 1. The highest BCUT2D eigenvalue weighted by Gasteiger charge is 2.27. The van der Waals surface area contributed by atoms with Crippen LogP contribution in [0.1, 0.15) is 11.6 Å². The van der Waals surface area contributed by atoms with E-state index in [1.807, 2.05) is 17.0 Å². The average Bonchev–Trinajstić information content (AvgIpc) is 2.67. The van der Waals surface area contributed by atoms with Crippen LogP contribution in [-0.2, 0) is 4.79 Å². The van der Waals surface area contributed by atoms with Crippen LogP contribution in [0.3, 0.4) is 0 Å². The van der Waals surface area contributed by atoms with E-state index in [2.05, 4.69) is 10.3 Å². The molecule has 0 saturated carbocycles. The molecule has 1 amide bonds. The first-order chi connectivity index (χ1) is 12.1. The molecule has 1 saturated heterocycles. The van der Waals surface area contributed by atoms with Crippen molar-refractivity contribution in [3.8, 4) is 0 Å². The molecule has 26 heavy (non-hydrogen) atoms. The van der Waals surface area contributed by atoms with Crippen molar-refractivity contribution in [2.24, 2.45) is 0 Å². The van der Waals surface area contributed by atoms with E-state index in [4.69, 9.17) is 0 Å². The lowest BCUT2D eigenvalue weighted by atomic mass is 10.1. The monoisotopic (exact) mass is 394 g/mol. The maximum Gasteiger partial charge on any atom is 0.269 e. The average molecular weight is 395 g/mol. The highest BCUT2D eigenvalue weighted by atomic mass is 35.5. The molecule has 7 nitrogen and oxygen atoms in total. The number of nitro groups is 1. The lowest BCUT2D eigenvalue weighted by molar-refractivity contribution is -0.384. The molecule has 0 aliphatic carbocycles. The fraction of sp³-hybridized carbons (Fsp3) is 0.294. The van der Waals surface area contributed by atoms with Crippen LogP contribution in [0.4, 0.5) is 5.69 Å². The van der Waals surface area contributed by atoms with Crippen molar-refractivity contribution in [2.45, 2.75) is 10.9 Å². The van der Waals surface area contributed by atoms with Gasteiger partial charge in [-0.1, -0.05) is 6.07 Å².